The predicted molar refractivity (Wildman–Crippen MR) is 159 cm³/mol. The average molecular weight is 673 g/mol. The Bertz CT molecular complexity index is 1590. The molecule has 10 nitrogen and oxygen atoms in total. The molecule has 46 heavy (non-hydrogen) atoms. The van der Waals surface area contributed by atoms with Gasteiger partial charge in [-0.25, -0.2) is 13.8 Å². The average Bonchev–Trinajstić information content (AvgIpc) is 3.79. The van der Waals surface area contributed by atoms with Gasteiger partial charge in [0.25, 0.3) is 5.91 Å². The van der Waals surface area contributed by atoms with E-state index >= 15 is 0 Å². The third-order valence-electron chi connectivity index (χ3n) is 8.50. The summed E-state index contributed by atoms with van der Waals surface area (Å²) >= 11 is 6.41. The zero-order chi connectivity index (χ0) is 33.2. The molecule has 16 heteroatoms. The van der Waals surface area contributed by atoms with Crippen LogP contribution in [0.3, 0.4) is 0 Å². The van der Waals surface area contributed by atoms with Crippen molar-refractivity contribution in [1.82, 2.24) is 25.2 Å². The minimum absolute atomic E-state index is 0.0425. The minimum Gasteiger partial charge on any atom is -0.475 e. The summed E-state index contributed by atoms with van der Waals surface area (Å²) < 4.78 is 78.5. The summed E-state index contributed by atoms with van der Waals surface area (Å²) in [4.78, 5) is 34.8. The van der Waals surface area contributed by atoms with Crippen molar-refractivity contribution in [3.63, 3.8) is 0 Å². The Labute approximate surface area is 266 Å². The first kappa shape index (κ1) is 33.6. The maximum absolute atomic E-state index is 13.4. The number of nitrogens with one attached hydrogen (secondary N) is 3. The summed E-state index contributed by atoms with van der Waals surface area (Å²) in [6.45, 7) is 0.209. The number of hydrogen-bond acceptors (Lipinski definition) is 7. The summed E-state index contributed by atoms with van der Waals surface area (Å²) in [7, 11) is 3.18. The van der Waals surface area contributed by atoms with Crippen LogP contribution in [0.4, 0.5) is 33.6 Å². The number of amides is 2. The van der Waals surface area contributed by atoms with Crippen LogP contribution in [-0.2, 0) is 23.1 Å². The van der Waals surface area contributed by atoms with E-state index in [0.717, 1.165) is 0 Å². The van der Waals surface area contributed by atoms with Gasteiger partial charge in [0.15, 0.2) is 5.65 Å². The zero-order valence-corrected chi connectivity index (χ0v) is 25.9. The molecule has 5 rings (SSSR count). The van der Waals surface area contributed by atoms with Gasteiger partial charge in [-0.15, -0.1) is 0 Å². The molecule has 2 aliphatic rings. The smallest absolute Gasteiger partial charge is 0.403 e. The van der Waals surface area contributed by atoms with E-state index < -0.39 is 35.7 Å². The third kappa shape index (κ3) is 7.14. The van der Waals surface area contributed by atoms with Crippen LogP contribution in [0.25, 0.3) is 11.2 Å². The largest absolute Gasteiger partial charge is 0.475 e. The Hall–Kier alpha value is -3.72. The molecule has 0 aliphatic heterocycles. The molecule has 2 aromatic heterocycles. The van der Waals surface area contributed by atoms with Crippen molar-refractivity contribution in [2.75, 3.05) is 25.6 Å². The Kier molecular flexibility index (Phi) is 9.92. The Morgan fingerprint density at radius 3 is 2.46 bits per heavy atom. The highest BCUT2D eigenvalue weighted by Crippen LogP contribution is 2.57. The van der Waals surface area contributed by atoms with Gasteiger partial charge in [0.1, 0.15) is 23.1 Å². The standard InChI is InChI=1S/C30H34ClF5N6O4/c1-42-24-22(14-19(26(41-24)46-12-11-45-2)25(43)38-18-6-4-17(5-7-18)23(32)33)40-28(42)39-21-13-16(3-8-20(21)31)15-37-27(44)29(9-10-29)30(34,35)36/h3,8,13-14,17-18,23H,4-7,9-12,15H2,1-2H3,(H,37,44)(H,38,43)(H,39,40). The molecule has 2 amide bonds. The molecule has 2 aliphatic carbocycles. The highest BCUT2D eigenvalue weighted by atomic mass is 35.5. The number of carbonyl (C=O) groups excluding carboxylic acids is 2. The van der Waals surface area contributed by atoms with Crippen LogP contribution in [0.2, 0.25) is 5.02 Å². The lowest BCUT2D eigenvalue weighted by atomic mass is 9.86. The van der Waals surface area contributed by atoms with Crippen LogP contribution in [0.1, 0.15) is 54.4 Å². The van der Waals surface area contributed by atoms with Crippen molar-refractivity contribution in [2.24, 2.45) is 18.4 Å². The highest BCUT2D eigenvalue weighted by molar-refractivity contribution is 6.33. The van der Waals surface area contributed by atoms with Gasteiger partial charge < -0.3 is 25.4 Å². The number of nitrogens with zero attached hydrogens (tertiary/aromatic N) is 3. The number of anilines is 2. The van der Waals surface area contributed by atoms with E-state index in [4.69, 9.17) is 21.1 Å². The maximum Gasteiger partial charge on any atom is 0.403 e. The van der Waals surface area contributed by atoms with Crippen LogP contribution in [-0.4, -0.2) is 65.3 Å². The first-order valence-electron chi connectivity index (χ1n) is 14.8. The molecule has 0 bridgehead atoms. The molecule has 2 fully saturated rings. The van der Waals surface area contributed by atoms with Crippen molar-refractivity contribution in [3.05, 3.63) is 40.4 Å². The molecule has 1 aromatic carbocycles. The van der Waals surface area contributed by atoms with E-state index in [1.807, 2.05) is 0 Å². The van der Waals surface area contributed by atoms with Gasteiger partial charge in [0.2, 0.25) is 24.2 Å². The number of alkyl halides is 5. The molecule has 0 unspecified atom stereocenters. The quantitative estimate of drug-likeness (QED) is 0.162. The number of halogens is 6. The number of aryl methyl sites for hydroxylation is 1. The topological polar surface area (TPSA) is 119 Å². The van der Waals surface area contributed by atoms with E-state index in [1.54, 1.807) is 29.8 Å². The van der Waals surface area contributed by atoms with E-state index in [1.165, 1.54) is 13.2 Å². The number of hydrogen-bond donors (Lipinski definition) is 3. The molecular formula is C30H34ClF5N6O4. The van der Waals surface area contributed by atoms with Crippen molar-refractivity contribution in [3.8, 4) is 5.88 Å². The number of fused-ring (bicyclic) bond motifs is 1. The number of carbonyl (C=O) groups is 2. The fourth-order valence-corrected chi connectivity index (χ4v) is 5.66. The lowest BCUT2D eigenvalue weighted by Gasteiger charge is -2.28. The molecule has 250 valence electrons. The van der Waals surface area contributed by atoms with E-state index in [2.05, 4.69) is 25.9 Å². The second-order valence-corrected chi connectivity index (χ2v) is 12.0. The fourth-order valence-electron chi connectivity index (χ4n) is 5.49. The molecule has 0 spiro atoms. The van der Waals surface area contributed by atoms with Crippen LogP contribution < -0.4 is 20.7 Å². The molecule has 2 heterocycles. The van der Waals surface area contributed by atoms with Gasteiger partial charge in [-0.3, -0.25) is 14.2 Å². The Balaban J connectivity index is 1.34. The van der Waals surface area contributed by atoms with Crippen LogP contribution in [0, 0.1) is 11.3 Å². The predicted octanol–water partition coefficient (Wildman–Crippen LogP) is 5.90. The summed E-state index contributed by atoms with van der Waals surface area (Å²) in [6, 6.07) is 5.98. The van der Waals surface area contributed by atoms with Gasteiger partial charge in [0, 0.05) is 32.7 Å². The van der Waals surface area contributed by atoms with E-state index in [0.29, 0.717) is 48.1 Å². The van der Waals surface area contributed by atoms with Crippen LogP contribution in [0.5, 0.6) is 5.88 Å². The molecule has 2 saturated carbocycles. The first-order valence-corrected chi connectivity index (χ1v) is 15.2. The number of benzene rings is 1. The van der Waals surface area contributed by atoms with Gasteiger partial charge >= 0.3 is 6.18 Å². The monoisotopic (exact) mass is 672 g/mol. The Morgan fingerprint density at radius 1 is 1.11 bits per heavy atom. The van der Waals surface area contributed by atoms with Gasteiger partial charge in [-0.2, -0.15) is 18.2 Å². The maximum atomic E-state index is 13.4. The van der Waals surface area contributed by atoms with Crippen LogP contribution in [0.15, 0.2) is 24.3 Å². The molecule has 3 aromatic rings. The number of pyridine rings is 1. The van der Waals surface area contributed by atoms with Gasteiger partial charge in [-0.1, -0.05) is 17.7 Å². The van der Waals surface area contributed by atoms with E-state index in [9.17, 15) is 31.5 Å². The summed E-state index contributed by atoms with van der Waals surface area (Å²) in [5.41, 5.74) is -0.617. The number of methoxy groups -OCH3 is 1. The normalized spacial score (nSPS) is 19.2. The highest BCUT2D eigenvalue weighted by Gasteiger charge is 2.68. The second-order valence-electron chi connectivity index (χ2n) is 11.6. The first-order chi connectivity index (χ1) is 21.8. The number of ether oxygens (including phenoxy) is 2. The van der Waals surface area contributed by atoms with Gasteiger partial charge in [0.05, 0.1) is 17.3 Å². The molecule has 3 N–H and O–H groups in total. The molecule has 0 saturated heterocycles. The third-order valence-corrected chi connectivity index (χ3v) is 8.83. The van der Waals surface area contributed by atoms with Gasteiger partial charge in [-0.05, 0) is 62.3 Å². The minimum atomic E-state index is -4.61. The zero-order valence-electron chi connectivity index (χ0n) is 25.1. The molecule has 0 radical (unpaired) electrons. The number of aromatic nitrogens is 3. The number of imidazole rings is 1. The lowest BCUT2D eigenvalue weighted by molar-refractivity contribution is -0.192. The van der Waals surface area contributed by atoms with E-state index in [-0.39, 0.29) is 61.1 Å². The van der Waals surface area contributed by atoms with Crippen LogP contribution >= 0.6 is 11.6 Å². The SMILES string of the molecule is COCCOc1nc2c(cc1C(=O)NC1CCC(C(F)F)CC1)nc(Nc1cc(CNC(=O)C3(C(F)(F)F)CC3)ccc1Cl)n2C. The summed E-state index contributed by atoms with van der Waals surface area (Å²) in [5.74, 6) is -1.88. The fraction of sp³-hybridized carbons (Fsp3) is 0.533. The van der Waals surface area contributed by atoms with Crippen molar-refractivity contribution >= 4 is 46.2 Å². The van der Waals surface area contributed by atoms with Crippen molar-refractivity contribution in [2.45, 2.75) is 63.7 Å². The van der Waals surface area contributed by atoms with Crippen molar-refractivity contribution in [1.29, 1.82) is 0 Å². The molecule has 0 atom stereocenters. The summed E-state index contributed by atoms with van der Waals surface area (Å²) in [6.07, 6.45) is -5.96. The Morgan fingerprint density at radius 2 is 1.83 bits per heavy atom. The summed E-state index contributed by atoms with van der Waals surface area (Å²) in [5, 5.41) is 8.66. The number of rotatable bonds is 12. The van der Waals surface area contributed by atoms with Crippen molar-refractivity contribution < 1.29 is 41.0 Å². The second kappa shape index (κ2) is 13.6. The molecular weight excluding hydrogens is 639 g/mol. The lowest BCUT2D eigenvalue weighted by Crippen LogP contribution is -2.40.